The summed E-state index contributed by atoms with van der Waals surface area (Å²) in [5, 5.41) is 0. The van der Waals surface area contributed by atoms with Crippen LogP contribution in [-0.4, -0.2) is 13.1 Å². The van der Waals surface area contributed by atoms with Gasteiger partial charge in [0.1, 0.15) is 5.82 Å². The predicted octanol–water partition coefficient (Wildman–Crippen LogP) is 2.21. The van der Waals surface area contributed by atoms with Crippen molar-refractivity contribution < 1.29 is 27.1 Å². The van der Waals surface area contributed by atoms with Crippen molar-refractivity contribution in [2.24, 2.45) is 0 Å². The number of ether oxygens (including phenoxy) is 1. The smallest absolute Gasteiger partial charge is 0.418 e. The van der Waals surface area contributed by atoms with Gasteiger partial charge in [-0.25, -0.2) is 9.18 Å². The quantitative estimate of drug-likeness (QED) is 0.463. The van der Waals surface area contributed by atoms with E-state index < -0.39 is 34.8 Å². The zero-order valence-corrected chi connectivity index (χ0v) is 8.06. The number of anilines is 1. The Kier molecular flexibility index (Phi) is 3.06. The standard InChI is InChI=1S/C9H7F4NO2/c1-16-8(15)5-2-4(10)3-6(7(5)14)9(11,12)13/h2-3H,14H2,1H3. The first-order chi connectivity index (χ1) is 7.27. The number of alkyl halides is 3. The Balaban J connectivity index is 3.44. The summed E-state index contributed by atoms with van der Waals surface area (Å²) in [5.41, 5.74) is 2.24. The van der Waals surface area contributed by atoms with E-state index in [1.807, 2.05) is 0 Å². The van der Waals surface area contributed by atoms with Crippen molar-refractivity contribution in [2.75, 3.05) is 12.8 Å². The molecular weight excluding hydrogens is 230 g/mol. The molecule has 0 radical (unpaired) electrons. The van der Waals surface area contributed by atoms with Crippen LogP contribution in [0.15, 0.2) is 12.1 Å². The molecule has 7 heteroatoms. The Morgan fingerprint density at radius 1 is 1.38 bits per heavy atom. The lowest BCUT2D eigenvalue weighted by atomic mass is 10.1. The number of hydrogen-bond acceptors (Lipinski definition) is 3. The van der Waals surface area contributed by atoms with Gasteiger partial charge in [0.25, 0.3) is 0 Å². The monoisotopic (exact) mass is 237 g/mol. The van der Waals surface area contributed by atoms with Crippen LogP contribution in [0.25, 0.3) is 0 Å². The Morgan fingerprint density at radius 2 is 1.94 bits per heavy atom. The van der Waals surface area contributed by atoms with E-state index in [0.717, 1.165) is 7.11 Å². The zero-order valence-electron chi connectivity index (χ0n) is 8.06. The maximum absolute atomic E-state index is 12.9. The molecule has 88 valence electrons. The van der Waals surface area contributed by atoms with Gasteiger partial charge in [0.2, 0.25) is 0 Å². The molecule has 0 heterocycles. The molecule has 0 aliphatic heterocycles. The Hall–Kier alpha value is -1.79. The van der Waals surface area contributed by atoms with Gasteiger partial charge < -0.3 is 10.5 Å². The van der Waals surface area contributed by atoms with Crippen LogP contribution >= 0.6 is 0 Å². The third-order valence-electron chi connectivity index (χ3n) is 1.86. The minimum Gasteiger partial charge on any atom is -0.465 e. The van der Waals surface area contributed by atoms with Gasteiger partial charge in [-0.2, -0.15) is 13.2 Å². The number of nitrogen functional groups attached to an aromatic ring is 1. The van der Waals surface area contributed by atoms with Gasteiger partial charge in [-0.1, -0.05) is 0 Å². The van der Waals surface area contributed by atoms with Crippen LogP contribution in [0.1, 0.15) is 15.9 Å². The van der Waals surface area contributed by atoms with Gasteiger partial charge in [0.15, 0.2) is 0 Å². The van der Waals surface area contributed by atoms with Gasteiger partial charge in [-0.3, -0.25) is 0 Å². The highest BCUT2D eigenvalue weighted by atomic mass is 19.4. The first kappa shape index (κ1) is 12.3. The molecule has 0 unspecified atom stereocenters. The molecule has 0 aliphatic rings. The van der Waals surface area contributed by atoms with Crippen LogP contribution in [0.5, 0.6) is 0 Å². The number of carbonyl (C=O) groups excluding carboxylic acids is 1. The molecule has 0 aliphatic carbocycles. The van der Waals surface area contributed by atoms with Gasteiger partial charge >= 0.3 is 12.1 Å². The summed E-state index contributed by atoms with van der Waals surface area (Å²) in [7, 11) is 0.958. The Labute approximate surface area is 87.8 Å². The summed E-state index contributed by atoms with van der Waals surface area (Å²) in [6.45, 7) is 0. The third-order valence-corrected chi connectivity index (χ3v) is 1.86. The highest BCUT2D eigenvalue weighted by Gasteiger charge is 2.35. The molecule has 3 nitrogen and oxygen atoms in total. The van der Waals surface area contributed by atoms with E-state index in [1.54, 1.807) is 0 Å². The molecular formula is C9H7F4NO2. The van der Waals surface area contributed by atoms with Crippen LogP contribution in [0.4, 0.5) is 23.2 Å². The van der Waals surface area contributed by atoms with Crippen LogP contribution in [0, 0.1) is 5.82 Å². The maximum atomic E-state index is 12.9. The number of benzene rings is 1. The largest absolute Gasteiger partial charge is 0.465 e. The molecule has 0 bridgehead atoms. The van der Waals surface area contributed by atoms with Crippen LogP contribution < -0.4 is 5.73 Å². The van der Waals surface area contributed by atoms with Crippen molar-refractivity contribution in [3.8, 4) is 0 Å². The molecule has 0 amide bonds. The molecule has 1 aromatic carbocycles. The number of carbonyl (C=O) groups is 1. The SMILES string of the molecule is COC(=O)c1cc(F)cc(C(F)(F)F)c1N. The number of hydrogen-bond donors (Lipinski definition) is 1. The average molecular weight is 237 g/mol. The number of esters is 1. The fourth-order valence-electron chi connectivity index (χ4n) is 1.13. The van der Waals surface area contributed by atoms with Crippen molar-refractivity contribution in [1.82, 2.24) is 0 Å². The second-order valence-corrected chi connectivity index (χ2v) is 2.90. The lowest BCUT2D eigenvalue weighted by Crippen LogP contribution is -2.14. The maximum Gasteiger partial charge on any atom is 0.418 e. The summed E-state index contributed by atoms with van der Waals surface area (Å²) in [6.07, 6.45) is -4.82. The van der Waals surface area contributed by atoms with Gasteiger partial charge in [0, 0.05) is 0 Å². The molecule has 1 rings (SSSR count). The number of nitrogens with two attached hydrogens (primary N) is 1. The molecule has 0 fully saturated rings. The minimum absolute atomic E-state index is 0.224. The Morgan fingerprint density at radius 3 is 2.38 bits per heavy atom. The lowest BCUT2D eigenvalue weighted by Gasteiger charge is -2.12. The summed E-state index contributed by atoms with van der Waals surface area (Å²) < 4.78 is 54.2. The first-order valence-corrected chi connectivity index (χ1v) is 4.02. The topological polar surface area (TPSA) is 52.3 Å². The second-order valence-electron chi connectivity index (χ2n) is 2.90. The van der Waals surface area contributed by atoms with Crippen LogP contribution in [-0.2, 0) is 10.9 Å². The van der Waals surface area contributed by atoms with Crippen molar-refractivity contribution in [3.63, 3.8) is 0 Å². The molecule has 0 saturated heterocycles. The molecule has 0 saturated carbocycles. The van der Waals surface area contributed by atoms with E-state index in [1.165, 1.54) is 0 Å². The third kappa shape index (κ3) is 2.23. The summed E-state index contributed by atoms with van der Waals surface area (Å²) in [5.74, 6) is -2.33. The van der Waals surface area contributed by atoms with Crippen LogP contribution in [0.3, 0.4) is 0 Å². The number of methoxy groups -OCH3 is 1. The minimum atomic E-state index is -4.82. The highest BCUT2D eigenvalue weighted by Crippen LogP contribution is 2.35. The van der Waals surface area contributed by atoms with E-state index in [2.05, 4.69) is 4.74 Å². The number of halogens is 4. The predicted molar refractivity (Wildman–Crippen MR) is 47.2 cm³/mol. The van der Waals surface area contributed by atoms with Gasteiger partial charge in [-0.05, 0) is 12.1 Å². The molecule has 16 heavy (non-hydrogen) atoms. The van der Waals surface area contributed by atoms with E-state index >= 15 is 0 Å². The summed E-state index contributed by atoms with van der Waals surface area (Å²) >= 11 is 0. The van der Waals surface area contributed by atoms with Gasteiger partial charge in [-0.15, -0.1) is 0 Å². The average Bonchev–Trinajstić information content (AvgIpc) is 2.18. The van der Waals surface area contributed by atoms with Gasteiger partial charge in [0.05, 0.1) is 23.9 Å². The summed E-state index contributed by atoms with van der Waals surface area (Å²) in [4.78, 5) is 11.0. The molecule has 2 N–H and O–H groups in total. The number of rotatable bonds is 1. The molecule has 1 aromatic rings. The molecule has 0 atom stereocenters. The first-order valence-electron chi connectivity index (χ1n) is 4.02. The second kappa shape index (κ2) is 3.99. The fraction of sp³-hybridized carbons (Fsp3) is 0.222. The highest BCUT2D eigenvalue weighted by molar-refractivity contribution is 5.95. The van der Waals surface area contributed by atoms with Crippen molar-refractivity contribution in [2.45, 2.75) is 6.18 Å². The lowest BCUT2D eigenvalue weighted by molar-refractivity contribution is -0.137. The zero-order chi connectivity index (χ0) is 12.5. The van der Waals surface area contributed by atoms with Crippen LogP contribution in [0.2, 0.25) is 0 Å². The van der Waals surface area contributed by atoms with E-state index in [9.17, 15) is 22.4 Å². The van der Waals surface area contributed by atoms with E-state index in [4.69, 9.17) is 5.73 Å². The van der Waals surface area contributed by atoms with E-state index in [-0.39, 0.29) is 6.07 Å². The van der Waals surface area contributed by atoms with Crippen molar-refractivity contribution in [1.29, 1.82) is 0 Å². The fourth-order valence-corrected chi connectivity index (χ4v) is 1.13. The van der Waals surface area contributed by atoms with Crippen molar-refractivity contribution in [3.05, 3.63) is 29.1 Å². The molecule has 0 spiro atoms. The Bertz CT molecular complexity index is 428. The van der Waals surface area contributed by atoms with E-state index in [0.29, 0.717) is 6.07 Å². The van der Waals surface area contributed by atoms with Crippen molar-refractivity contribution >= 4 is 11.7 Å². The molecule has 0 aromatic heterocycles. The summed E-state index contributed by atoms with van der Waals surface area (Å²) in [6, 6.07) is 0.818. The normalized spacial score (nSPS) is 11.3.